The second-order valence-electron chi connectivity index (χ2n) is 6.05. The van der Waals surface area contributed by atoms with E-state index in [1.165, 1.54) is 0 Å². The predicted octanol–water partition coefficient (Wildman–Crippen LogP) is 2.10. The Bertz CT molecular complexity index is 631. The molecule has 24 heavy (non-hydrogen) atoms. The smallest absolute Gasteiger partial charge is 0.407 e. The molecule has 0 spiro atoms. The van der Waals surface area contributed by atoms with Crippen molar-refractivity contribution in [3.05, 3.63) is 34.1 Å². The van der Waals surface area contributed by atoms with Gasteiger partial charge in [-0.3, -0.25) is 0 Å². The molecule has 1 amide bonds. The highest BCUT2D eigenvalue weighted by molar-refractivity contribution is 6.33. The fourth-order valence-corrected chi connectivity index (χ4v) is 2.03. The molecule has 2 atom stereocenters. The van der Waals surface area contributed by atoms with Gasteiger partial charge in [-0.05, 0) is 32.9 Å². The third-order valence-electron chi connectivity index (χ3n) is 2.85. The fourth-order valence-electron chi connectivity index (χ4n) is 1.77. The van der Waals surface area contributed by atoms with Crippen LogP contribution >= 0.6 is 11.6 Å². The first-order valence-electron chi connectivity index (χ1n) is 6.97. The Balaban J connectivity index is 2.79. The van der Waals surface area contributed by atoms with E-state index < -0.39 is 47.8 Å². The van der Waals surface area contributed by atoms with Gasteiger partial charge in [0.2, 0.25) is 0 Å². The van der Waals surface area contributed by atoms with Crippen LogP contribution in [0, 0.1) is 5.82 Å². The first-order chi connectivity index (χ1) is 10.9. The first kappa shape index (κ1) is 20.1. The molecular formula is C15H19ClFNO6. The van der Waals surface area contributed by atoms with Gasteiger partial charge >= 0.3 is 12.1 Å². The lowest BCUT2D eigenvalue weighted by molar-refractivity contribution is 0.0113. The molecule has 0 heterocycles. The van der Waals surface area contributed by atoms with Crippen molar-refractivity contribution in [1.29, 1.82) is 0 Å². The summed E-state index contributed by atoms with van der Waals surface area (Å²) in [6.07, 6.45) is -4.09. The van der Waals surface area contributed by atoms with Crippen LogP contribution in [0.15, 0.2) is 12.1 Å². The standard InChI is InChI=1S/C15H19ClFNO6/c1-15(2,3)24-14(23)18-6-11(19)12(20)8-4-9(16)7(13(21)22)5-10(8)17/h4-5,11-12,19-20H,6H2,1-3H3,(H,18,23)(H,21,22). The molecule has 0 aliphatic carbocycles. The topological polar surface area (TPSA) is 116 Å². The normalized spacial score (nSPS) is 14.0. The van der Waals surface area contributed by atoms with Crippen molar-refractivity contribution in [2.24, 2.45) is 0 Å². The van der Waals surface area contributed by atoms with E-state index in [1.807, 2.05) is 0 Å². The monoisotopic (exact) mass is 363 g/mol. The summed E-state index contributed by atoms with van der Waals surface area (Å²) in [7, 11) is 0. The number of carbonyl (C=O) groups excluding carboxylic acids is 1. The molecule has 0 fully saturated rings. The minimum Gasteiger partial charge on any atom is -0.478 e. The number of alkyl carbamates (subject to hydrolysis) is 1. The average Bonchev–Trinajstić information content (AvgIpc) is 2.43. The van der Waals surface area contributed by atoms with Gasteiger partial charge in [0.1, 0.15) is 23.6 Å². The fraction of sp³-hybridized carbons (Fsp3) is 0.467. The largest absolute Gasteiger partial charge is 0.478 e. The van der Waals surface area contributed by atoms with Gasteiger partial charge < -0.3 is 25.4 Å². The highest BCUT2D eigenvalue weighted by atomic mass is 35.5. The van der Waals surface area contributed by atoms with Gasteiger partial charge in [0.15, 0.2) is 0 Å². The molecule has 9 heteroatoms. The quantitative estimate of drug-likeness (QED) is 0.636. The Kier molecular flexibility index (Phi) is 6.53. The lowest BCUT2D eigenvalue weighted by atomic mass is 10.0. The zero-order valence-corrected chi connectivity index (χ0v) is 14.1. The molecule has 1 rings (SSSR count). The molecule has 0 aliphatic rings. The number of aliphatic hydroxyl groups excluding tert-OH is 2. The minimum absolute atomic E-state index is 0.287. The number of ether oxygens (including phenoxy) is 1. The van der Waals surface area contributed by atoms with E-state index in [0.717, 1.165) is 6.07 Å². The Hall–Kier alpha value is -1.90. The van der Waals surface area contributed by atoms with Crippen LogP contribution in [0.3, 0.4) is 0 Å². The van der Waals surface area contributed by atoms with Gasteiger partial charge in [-0.2, -0.15) is 0 Å². The number of halogens is 2. The number of carboxylic acid groups (broad SMARTS) is 1. The van der Waals surface area contributed by atoms with E-state index in [2.05, 4.69) is 5.32 Å². The molecule has 0 aliphatic heterocycles. The predicted molar refractivity (Wildman–Crippen MR) is 83.6 cm³/mol. The molecule has 0 saturated carbocycles. The van der Waals surface area contributed by atoms with E-state index in [-0.39, 0.29) is 10.6 Å². The third kappa shape index (κ3) is 5.63. The Morgan fingerprint density at radius 1 is 1.33 bits per heavy atom. The van der Waals surface area contributed by atoms with Crippen molar-refractivity contribution in [1.82, 2.24) is 5.32 Å². The number of carboxylic acids is 1. The molecule has 4 N–H and O–H groups in total. The number of aliphatic hydroxyl groups is 2. The second-order valence-corrected chi connectivity index (χ2v) is 6.46. The van der Waals surface area contributed by atoms with Crippen LogP contribution in [0.5, 0.6) is 0 Å². The summed E-state index contributed by atoms with van der Waals surface area (Å²) in [5.74, 6) is -2.47. The number of amides is 1. The molecule has 134 valence electrons. The number of hydrogen-bond donors (Lipinski definition) is 4. The maximum absolute atomic E-state index is 13.9. The molecule has 7 nitrogen and oxygen atoms in total. The van der Waals surface area contributed by atoms with Crippen molar-refractivity contribution in [3.63, 3.8) is 0 Å². The van der Waals surface area contributed by atoms with E-state index in [1.54, 1.807) is 20.8 Å². The summed E-state index contributed by atoms with van der Waals surface area (Å²) >= 11 is 5.72. The van der Waals surface area contributed by atoms with Crippen molar-refractivity contribution >= 4 is 23.7 Å². The van der Waals surface area contributed by atoms with Crippen molar-refractivity contribution in [3.8, 4) is 0 Å². The number of aromatic carboxylic acids is 1. The summed E-state index contributed by atoms with van der Waals surface area (Å²) in [6, 6.07) is 1.57. The van der Waals surface area contributed by atoms with Gasteiger partial charge in [0.25, 0.3) is 0 Å². The van der Waals surface area contributed by atoms with Gasteiger partial charge in [-0.25, -0.2) is 14.0 Å². The first-order valence-corrected chi connectivity index (χ1v) is 7.35. The van der Waals surface area contributed by atoms with E-state index in [4.69, 9.17) is 21.4 Å². The van der Waals surface area contributed by atoms with Crippen LogP contribution in [0.25, 0.3) is 0 Å². The van der Waals surface area contributed by atoms with Crippen molar-refractivity contribution in [2.75, 3.05) is 6.54 Å². The second kappa shape index (κ2) is 7.78. The van der Waals surface area contributed by atoms with Gasteiger partial charge in [-0.15, -0.1) is 0 Å². The van der Waals surface area contributed by atoms with E-state index in [9.17, 15) is 24.2 Å². The van der Waals surface area contributed by atoms with Crippen LogP contribution < -0.4 is 5.32 Å². The molecular weight excluding hydrogens is 345 g/mol. The van der Waals surface area contributed by atoms with E-state index in [0.29, 0.717) is 6.07 Å². The lowest BCUT2D eigenvalue weighted by Gasteiger charge is -2.22. The van der Waals surface area contributed by atoms with Crippen molar-refractivity contribution in [2.45, 2.75) is 38.6 Å². The summed E-state index contributed by atoms with van der Waals surface area (Å²) < 4.78 is 18.9. The Labute approximate surface area is 143 Å². The summed E-state index contributed by atoms with van der Waals surface area (Å²) in [5, 5.41) is 30.6. The minimum atomic E-state index is -1.72. The molecule has 0 saturated heterocycles. The summed E-state index contributed by atoms with van der Waals surface area (Å²) in [5.41, 5.74) is -1.59. The molecule has 2 unspecified atom stereocenters. The van der Waals surface area contributed by atoms with Crippen LogP contribution in [0.1, 0.15) is 42.8 Å². The van der Waals surface area contributed by atoms with Crippen molar-refractivity contribution < 1.29 is 34.0 Å². The van der Waals surface area contributed by atoms with E-state index >= 15 is 0 Å². The number of rotatable bonds is 5. The highest BCUT2D eigenvalue weighted by Crippen LogP contribution is 2.27. The Morgan fingerprint density at radius 3 is 2.42 bits per heavy atom. The molecule has 1 aromatic carbocycles. The van der Waals surface area contributed by atoms with Gasteiger partial charge in [0, 0.05) is 12.1 Å². The van der Waals surface area contributed by atoms with Crippen LogP contribution in [0.2, 0.25) is 5.02 Å². The molecule has 0 bridgehead atoms. The van der Waals surface area contributed by atoms with Crippen LogP contribution in [0.4, 0.5) is 9.18 Å². The van der Waals surface area contributed by atoms with Crippen LogP contribution in [-0.4, -0.2) is 45.6 Å². The number of nitrogens with one attached hydrogen (secondary N) is 1. The lowest BCUT2D eigenvalue weighted by Crippen LogP contribution is -2.39. The molecule has 1 aromatic rings. The average molecular weight is 364 g/mol. The number of carbonyl (C=O) groups is 2. The maximum Gasteiger partial charge on any atom is 0.407 e. The maximum atomic E-state index is 13.9. The summed E-state index contributed by atoms with van der Waals surface area (Å²) in [6.45, 7) is 4.55. The van der Waals surface area contributed by atoms with Gasteiger partial charge in [0.05, 0.1) is 10.6 Å². The SMILES string of the molecule is CC(C)(C)OC(=O)NCC(O)C(O)c1cc(Cl)c(C(=O)O)cc1F. The highest BCUT2D eigenvalue weighted by Gasteiger charge is 2.25. The zero-order chi connectivity index (χ0) is 18.7. The number of hydrogen-bond acceptors (Lipinski definition) is 5. The third-order valence-corrected chi connectivity index (χ3v) is 3.17. The van der Waals surface area contributed by atoms with Crippen LogP contribution in [-0.2, 0) is 4.74 Å². The zero-order valence-electron chi connectivity index (χ0n) is 13.3. The summed E-state index contributed by atoms with van der Waals surface area (Å²) in [4.78, 5) is 22.3. The Morgan fingerprint density at radius 2 is 1.92 bits per heavy atom. The molecule has 0 radical (unpaired) electrons. The molecule has 0 aromatic heterocycles. The number of benzene rings is 1. The van der Waals surface area contributed by atoms with Gasteiger partial charge in [-0.1, -0.05) is 11.6 Å².